The summed E-state index contributed by atoms with van der Waals surface area (Å²) in [4.78, 5) is 0. The zero-order valence-electron chi connectivity index (χ0n) is 62.9. The van der Waals surface area contributed by atoms with Crippen molar-refractivity contribution in [1.29, 1.82) is 0 Å². The first-order valence-corrected chi connectivity index (χ1v) is 40.2. The van der Waals surface area contributed by atoms with E-state index in [2.05, 4.69) is 417 Å². The number of nitrogens with zero attached hydrogens (tertiary/aromatic N) is 1. The summed E-state index contributed by atoms with van der Waals surface area (Å²) in [7, 11) is 0. The summed E-state index contributed by atoms with van der Waals surface area (Å²) in [5, 5.41) is 2.58. The fourth-order valence-corrected chi connectivity index (χ4v) is 20.0. The van der Waals surface area contributed by atoms with Crippen molar-refractivity contribution < 1.29 is 0 Å². The average molecular weight is 1450 g/mol. The monoisotopic (exact) mass is 1450 g/mol. The first-order valence-electron chi connectivity index (χ1n) is 40.2. The lowest BCUT2D eigenvalue weighted by Crippen LogP contribution is -2.00. The molecule has 1 nitrogen and oxygen atoms in total. The van der Waals surface area contributed by atoms with Crippen LogP contribution in [0, 0.1) is 0 Å². The van der Waals surface area contributed by atoms with Gasteiger partial charge in [0.15, 0.2) is 0 Å². The second-order valence-electron chi connectivity index (χ2n) is 31.6. The maximum absolute atomic E-state index is 2.53. The predicted molar refractivity (Wildman–Crippen MR) is 475 cm³/mol. The Bertz CT molecular complexity index is 7060. The average Bonchev–Trinajstić information content (AvgIpc) is 1.58. The van der Waals surface area contributed by atoms with Crippen molar-refractivity contribution >= 4 is 21.8 Å². The lowest BCUT2D eigenvalue weighted by Gasteiger charge is -2.17. The van der Waals surface area contributed by atoms with Crippen LogP contribution in [0.2, 0.25) is 0 Å². The Labute approximate surface area is 665 Å². The Balaban J connectivity index is 0.000000135. The quantitative estimate of drug-likeness (QED) is 0.129. The fourth-order valence-electron chi connectivity index (χ4n) is 20.0. The van der Waals surface area contributed by atoms with Gasteiger partial charge in [0.2, 0.25) is 0 Å². The van der Waals surface area contributed by atoms with Crippen molar-refractivity contribution in [1.82, 2.24) is 4.57 Å². The van der Waals surface area contributed by atoms with E-state index in [1.54, 1.807) is 0 Å². The molecule has 1 aromatic heterocycles. The summed E-state index contributed by atoms with van der Waals surface area (Å²) in [6.45, 7) is 0. The number of hydrogen-bond donors (Lipinski definition) is 0. The Morgan fingerprint density at radius 2 is 0.518 bits per heavy atom. The van der Waals surface area contributed by atoms with Gasteiger partial charge >= 0.3 is 0 Å². The molecule has 5 aliphatic carbocycles. The molecule has 18 aromatic carbocycles. The minimum absolute atomic E-state index is 0.169. The van der Waals surface area contributed by atoms with E-state index >= 15 is 0 Å². The highest BCUT2D eigenvalue weighted by atomic mass is 15.0. The third-order valence-electron chi connectivity index (χ3n) is 25.4. The largest absolute Gasteiger partial charge is 0.309 e. The van der Waals surface area contributed by atoms with Crippen molar-refractivity contribution in [2.45, 2.75) is 30.6 Å². The molecule has 0 fully saturated rings. The molecule has 532 valence electrons. The number of fused-ring (bicyclic) bond motifs is 18. The van der Waals surface area contributed by atoms with Gasteiger partial charge in [-0.15, -0.1) is 0 Å². The van der Waals surface area contributed by atoms with Crippen LogP contribution in [-0.2, 0) is 12.8 Å². The van der Waals surface area contributed by atoms with Gasteiger partial charge in [-0.05, 0) is 268 Å². The van der Waals surface area contributed by atoms with Crippen molar-refractivity contribution in [3.8, 4) is 128 Å². The van der Waals surface area contributed by atoms with Gasteiger partial charge in [0.25, 0.3) is 0 Å². The van der Waals surface area contributed by atoms with Crippen LogP contribution in [0.1, 0.15) is 90.1 Å². The minimum atomic E-state index is 0.169. The molecule has 0 N–H and O–H groups in total. The zero-order valence-corrected chi connectivity index (χ0v) is 62.9. The molecule has 0 aliphatic heterocycles. The van der Waals surface area contributed by atoms with Gasteiger partial charge in [-0.25, -0.2) is 0 Å². The molecule has 0 radical (unpaired) electrons. The molecule has 24 rings (SSSR count). The standard InChI is InChI=1S/C57H38.C56H37N/c1-3-12-36(13-4-1)38-22-24-39(25-23-38)56-48-21-10-9-20-47(48)52-32-41(26-28-49(52)56)42-27-29-50-53(33-42)54-35-51-45(31-43-16-7-8-19-46(43)51)34-55(54)57(50)44-18-11-17-40(30-44)37-14-5-2-6-15-37;1-3-12-36(13-4-1)38-22-24-39(25-23-38)56-48-21-10-9-20-47(48)51-32-41(26-28-49(51)56)42-27-29-54-52(33-42)53-34-44-30-43-16-7-8-19-46(43)50(44)35-55(53)57(54)45-18-11-17-40(31-45)37-14-5-2-6-15-37/h1-30,32-35,56-57H,31H2;1-29,31-35,56H,30H2. The normalized spacial score (nSPS) is 14.5. The second kappa shape index (κ2) is 26.8. The van der Waals surface area contributed by atoms with E-state index < -0.39 is 0 Å². The van der Waals surface area contributed by atoms with Crippen LogP contribution in [0.25, 0.3) is 150 Å². The van der Waals surface area contributed by atoms with Crippen LogP contribution in [0.5, 0.6) is 0 Å². The van der Waals surface area contributed by atoms with Crippen LogP contribution in [0.4, 0.5) is 0 Å². The molecule has 3 unspecified atom stereocenters. The Hall–Kier alpha value is -14.2. The zero-order chi connectivity index (χ0) is 74.9. The number of aromatic nitrogens is 1. The molecule has 0 bridgehead atoms. The first kappa shape index (κ1) is 65.6. The predicted octanol–water partition coefficient (Wildman–Crippen LogP) is 29.1. The summed E-state index contributed by atoms with van der Waals surface area (Å²) in [6.07, 6.45) is 1.96. The fraction of sp³-hybridized carbons (Fsp3) is 0.0442. The molecule has 1 heterocycles. The van der Waals surface area contributed by atoms with E-state index in [1.165, 1.54) is 222 Å². The Kier molecular flexibility index (Phi) is 15.4. The molecule has 0 saturated carbocycles. The van der Waals surface area contributed by atoms with Gasteiger partial charge in [-0.3, -0.25) is 0 Å². The molecular formula is C113H75N. The second-order valence-corrected chi connectivity index (χ2v) is 31.6. The summed E-state index contributed by atoms with van der Waals surface area (Å²) >= 11 is 0. The van der Waals surface area contributed by atoms with Gasteiger partial charge in [0.05, 0.1) is 11.0 Å². The van der Waals surface area contributed by atoms with Crippen LogP contribution >= 0.6 is 0 Å². The molecule has 0 spiro atoms. The summed E-state index contributed by atoms with van der Waals surface area (Å²) < 4.78 is 2.48. The topological polar surface area (TPSA) is 4.93 Å². The number of rotatable bonds is 10. The van der Waals surface area contributed by atoms with E-state index in [-0.39, 0.29) is 17.8 Å². The Morgan fingerprint density at radius 1 is 0.167 bits per heavy atom. The lowest BCUT2D eigenvalue weighted by atomic mass is 9.86. The maximum atomic E-state index is 2.53. The summed E-state index contributed by atoms with van der Waals surface area (Å²) in [6, 6.07) is 154. The van der Waals surface area contributed by atoms with Crippen molar-refractivity contribution in [3.05, 3.63) is 485 Å². The molecule has 114 heavy (non-hydrogen) atoms. The van der Waals surface area contributed by atoms with Crippen LogP contribution in [0.15, 0.2) is 413 Å². The smallest absolute Gasteiger partial charge is 0.0547 e. The first-order chi connectivity index (χ1) is 56.5. The molecule has 0 amide bonds. The van der Waals surface area contributed by atoms with Crippen LogP contribution < -0.4 is 0 Å². The molecule has 19 aromatic rings. The van der Waals surface area contributed by atoms with Gasteiger partial charge in [-0.1, -0.05) is 352 Å². The number of hydrogen-bond acceptors (Lipinski definition) is 0. The molecule has 1 heteroatoms. The van der Waals surface area contributed by atoms with Gasteiger partial charge in [0.1, 0.15) is 0 Å². The lowest BCUT2D eigenvalue weighted by molar-refractivity contribution is 1.01. The third kappa shape index (κ3) is 10.9. The van der Waals surface area contributed by atoms with Gasteiger partial charge < -0.3 is 4.57 Å². The Morgan fingerprint density at radius 3 is 1.04 bits per heavy atom. The van der Waals surface area contributed by atoms with E-state index in [1.807, 2.05) is 0 Å². The van der Waals surface area contributed by atoms with Crippen molar-refractivity contribution in [2.75, 3.05) is 0 Å². The maximum Gasteiger partial charge on any atom is 0.0547 e. The number of benzene rings is 18. The van der Waals surface area contributed by atoms with E-state index in [9.17, 15) is 0 Å². The third-order valence-corrected chi connectivity index (χ3v) is 25.4. The highest BCUT2D eigenvalue weighted by Gasteiger charge is 2.36. The van der Waals surface area contributed by atoms with E-state index in [4.69, 9.17) is 0 Å². The molecular weight excluding hydrogens is 1370 g/mol. The molecule has 5 aliphatic rings. The molecule has 3 atom stereocenters. The summed E-state index contributed by atoms with van der Waals surface area (Å²) in [5.74, 6) is 0.579. The van der Waals surface area contributed by atoms with Crippen molar-refractivity contribution in [2.24, 2.45) is 0 Å². The molecule has 0 saturated heterocycles. The minimum Gasteiger partial charge on any atom is -0.309 e. The highest BCUT2D eigenvalue weighted by molar-refractivity contribution is 6.12. The van der Waals surface area contributed by atoms with E-state index in [0.29, 0.717) is 0 Å². The van der Waals surface area contributed by atoms with Gasteiger partial charge in [-0.2, -0.15) is 0 Å². The summed E-state index contributed by atoms with van der Waals surface area (Å²) in [5.41, 5.74) is 50.1. The van der Waals surface area contributed by atoms with Crippen molar-refractivity contribution in [3.63, 3.8) is 0 Å². The SMILES string of the molecule is c1ccc(-c2ccc(C3c4ccccc4-c4cc(-c5ccc6c(c5)-c5cc7c(cc5C6c5cccc(-c6ccccc6)c5)Cc5ccccc5-7)ccc43)cc2)cc1.c1ccc(-c2ccc(C3c4ccccc4-c4cc(-c5ccc6c(c5)c5cc7c(cc5n6-c5cccc(-c6ccccc6)c5)-c5ccccc5C7)ccc43)cc2)cc1. The highest BCUT2D eigenvalue weighted by Crippen LogP contribution is 2.56. The van der Waals surface area contributed by atoms with Gasteiger partial charge in [0, 0.05) is 34.2 Å². The van der Waals surface area contributed by atoms with Crippen LogP contribution in [0.3, 0.4) is 0 Å². The van der Waals surface area contributed by atoms with E-state index in [0.717, 1.165) is 12.8 Å². The van der Waals surface area contributed by atoms with Crippen LogP contribution in [-0.4, -0.2) is 4.57 Å².